The Morgan fingerprint density at radius 3 is 1.30 bits per heavy atom. The van der Waals surface area contributed by atoms with E-state index in [1.54, 1.807) is 36.4 Å². The van der Waals surface area contributed by atoms with Crippen LogP contribution in [0.1, 0.15) is 142 Å². The van der Waals surface area contributed by atoms with Gasteiger partial charge in [0.05, 0.1) is 34.6 Å². The summed E-state index contributed by atoms with van der Waals surface area (Å²) in [4.78, 5) is 23.8. The van der Waals surface area contributed by atoms with E-state index in [0.717, 1.165) is 35.0 Å². The molecule has 10 nitrogen and oxygen atoms in total. The second-order valence-electron chi connectivity index (χ2n) is 13.4. The van der Waals surface area contributed by atoms with Crippen LogP contribution in [-0.4, -0.2) is 32.8 Å². The lowest BCUT2D eigenvalue weighted by molar-refractivity contribution is 0.219. The minimum absolute atomic E-state index is 0.0259. The van der Waals surface area contributed by atoms with Crippen LogP contribution in [0, 0.1) is 0 Å². The van der Waals surface area contributed by atoms with Crippen LogP contribution in [-0.2, 0) is 0 Å². The molecular formula is C40H56Cl4N4O6. The summed E-state index contributed by atoms with van der Waals surface area (Å²) >= 11 is 23.8. The Hall–Kier alpha value is -2.92. The Bertz CT molecular complexity index is 1720. The first-order valence-electron chi connectivity index (χ1n) is 19.6. The molecule has 300 valence electrons. The maximum Gasteiger partial charge on any atom is 0.444 e. The number of unbranched alkanes of at least 4 members (excludes halogenated alkanes) is 18. The third-order valence-electron chi connectivity index (χ3n) is 8.74. The van der Waals surface area contributed by atoms with E-state index in [1.807, 2.05) is 0 Å². The highest BCUT2D eigenvalue weighted by atomic mass is 35.5. The fourth-order valence-electron chi connectivity index (χ4n) is 5.74. The van der Waals surface area contributed by atoms with Crippen molar-refractivity contribution in [2.75, 3.05) is 13.2 Å². The smallest absolute Gasteiger partial charge is 0.444 e. The maximum atomic E-state index is 11.9. The van der Waals surface area contributed by atoms with Crippen LogP contribution in [0.4, 0.5) is 0 Å². The van der Waals surface area contributed by atoms with Gasteiger partial charge in [-0.1, -0.05) is 186 Å². The summed E-state index contributed by atoms with van der Waals surface area (Å²) < 4.78 is 23.2. The quantitative estimate of drug-likeness (QED) is 0.0575. The Morgan fingerprint density at radius 1 is 0.500 bits per heavy atom. The monoisotopic (exact) mass is 828 g/mol. The summed E-state index contributed by atoms with van der Waals surface area (Å²) in [5.41, 5.74) is 0.918. The van der Waals surface area contributed by atoms with Gasteiger partial charge in [-0.25, -0.2) is 9.59 Å². The molecule has 2 aromatic heterocycles. The van der Waals surface area contributed by atoms with Crippen molar-refractivity contribution in [1.29, 1.82) is 0 Å². The standard InChI is InChI=1S/2C20H28Cl2N2O3/c1-2-3-4-5-6-7-8-9-10-11-14-26-19-23-24(20(25)27-19)16-12-13-17(21)18(22)15-16;1-2-3-4-5-6-7-8-9-10-11-12-26-19-23-24(20(25)27-19)18-14-16(21)13-17(22)15-18/h12-13,15H,2-11,14H2,1H3;13-15H,2-12H2,1H3. The normalized spacial score (nSPS) is 11.1. The van der Waals surface area contributed by atoms with E-state index in [9.17, 15) is 9.59 Å². The molecule has 14 heteroatoms. The first-order valence-corrected chi connectivity index (χ1v) is 21.1. The molecule has 0 unspecified atom stereocenters. The zero-order valence-electron chi connectivity index (χ0n) is 31.8. The number of hydrogen-bond donors (Lipinski definition) is 0. The molecule has 0 spiro atoms. The molecule has 4 aromatic rings. The van der Waals surface area contributed by atoms with Crippen molar-refractivity contribution in [1.82, 2.24) is 19.6 Å². The van der Waals surface area contributed by atoms with Crippen LogP contribution in [0.15, 0.2) is 54.8 Å². The predicted molar refractivity (Wildman–Crippen MR) is 219 cm³/mol. The lowest BCUT2D eigenvalue weighted by atomic mass is 10.1. The highest BCUT2D eigenvalue weighted by molar-refractivity contribution is 6.42. The molecule has 54 heavy (non-hydrogen) atoms. The molecule has 0 amide bonds. The van der Waals surface area contributed by atoms with Crippen LogP contribution in [0.5, 0.6) is 12.2 Å². The van der Waals surface area contributed by atoms with Gasteiger partial charge >= 0.3 is 23.7 Å². The molecule has 0 aliphatic rings. The molecule has 0 fully saturated rings. The summed E-state index contributed by atoms with van der Waals surface area (Å²) in [5, 5.41) is 9.68. The molecular weight excluding hydrogens is 774 g/mol. The largest absolute Gasteiger partial charge is 0.449 e. The Balaban J connectivity index is 0.000000290. The van der Waals surface area contributed by atoms with Crippen LogP contribution >= 0.6 is 46.4 Å². The zero-order valence-corrected chi connectivity index (χ0v) is 34.8. The number of aromatic nitrogens is 4. The first-order chi connectivity index (χ1) is 26.2. The van der Waals surface area contributed by atoms with Crippen molar-refractivity contribution in [3.63, 3.8) is 0 Å². The molecule has 4 rings (SSSR count). The minimum Gasteiger partial charge on any atom is -0.449 e. The van der Waals surface area contributed by atoms with Gasteiger partial charge in [0.1, 0.15) is 0 Å². The summed E-state index contributed by atoms with van der Waals surface area (Å²) in [7, 11) is 0. The average Bonchev–Trinajstić information content (AvgIpc) is 3.71. The molecule has 0 bridgehead atoms. The molecule has 2 heterocycles. The fourth-order valence-corrected chi connectivity index (χ4v) is 6.55. The first kappa shape index (κ1) is 45.5. The highest BCUT2D eigenvalue weighted by Gasteiger charge is 2.14. The third-order valence-corrected chi connectivity index (χ3v) is 9.92. The Labute approximate surface area is 339 Å². The van der Waals surface area contributed by atoms with Crippen molar-refractivity contribution in [2.45, 2.75) is 142 Å². The topological polar surface area (TPSA) is 115 Å². The molecule has 0 aliphatic carbocycles. The number of nitrogens with zero attached hydrogens (tertiary/aromatic N) is 4. The number of ether oxygens (including phenoxy) is 2. The summed E-state index contributed by atoms with van der Waals surface area (Å²) in [5.74, 6) is -1.25. The number of hydrogen-bond acceptors (Lipinski definition) is 8. The van der Waals surface area contributed by atoms with Gasteiger partial charge in [-0.05, 0) is 49.2 Å². The van der Waals surface area contributed by atoms with Crippen LogP contribution in [0.3, 0.4) is 0 Å². The van der Waals surface area contributed by atoms with Gasteiger partial charge in [0.15, 0.2) is 0 Å². The van der Waals surface area contributed by atoms with E-state index in [0.29, 0.717) is 44.7 Å². The van der Waals surface area contributed by atoms with Crippen molar-refractivity contribution in [3.8, 4) is 23.5 Å². The van der Waals surface area contributed by atoms with Crippen LogP contribution < -0.4 is 21.0 Å². The van der Waals surface area contributed by atoms with Crippen molar-refractivity contribution >= 4 is 46.4 Å². The maximum absolute atomic E-state index is 11.9. The fraction of sp³-hybridized carbons (Fsp3) is 0.600. The Morgan fingerprint density at radius 2 is 0.889 bits per heavy atom. The summed E-state index contributed by atoms with van der Waals surface area (Å²) in [6, 6.07) is 9.56. The van der Waals surface area contributed by atoms with E-state index < -0.39 is 11.5 Å². The molecule has 0 N–H and O–H groups in total. The van der Waals surface area contributed by atoms with Gasteiger partial charge in [0, 0.05) is 10.0 Å². The zero-order chi connectivity index (χ0) is 39.0. The van der Waals surface area contributed by atoms with E-state index in [4.69, 9.17) is 64.7 Å². The lowest BCUT2D eigenvalue weighted by Gasteiger charge is -2.03. The van der Waals surface area contributed by atoms with Crippen LogP contribution in [0.2, 0.25) is 20.1 Å². The van der Waals surface area contributed by atoms with Crippen LogP contribution in [0.25, 0.3) is 11.4 Å². The van der Waals surface area contributed by atoms with E-state index in [2.05, 4.69) is 24.0 Å². The molecule has 0 saturated carbocycles. The summed E-state index contributed by atoms with van der Waals surface area (Å²) in [6.07, 6.45) is 25.0. The second-order valence-corrected chi connectivity index (χ2v) is 15.1. The molecule has 0 atom stereocenters. The van der Waals surface area contributed by atoms with E-state index >= 15 is 0 Å². The van der Waals surface area contributed by atoms with E-state index in [-0.39, 0.29) is 12.2 Å². The minimum atomic E-state index is -0.633. The highest BCUT2D eigenvalue weighted by Crippen LogP contribution is 2.24. The number of rotatable bonds is 26. The van der Waals surface area contributed by atoms with Gasteiger partial charge in [-0.3, -0.25) is 0 Å². The van der Waals surface area contributed by atoms with Crippen molar-refractivity contribution < 1.29 is 18.3 Å². The molecule has 0 radical (unpaired) electrons. The third kappa shape index (κ3) is 17.7. The SMILES string of the molecule is CCCCCCCCCCCCOc1nn(-c2cc(Cl)cc(Cl)c2)c(=O)o1.CCCCCCCCCCCCOc1nn(-c2ccc(Cl)c(Cl)c2)c(=O)o1. The number of halogens is 4. The second kappa shape index (κ2) is 26.8. The van der Waals surface area contributed by atoms with E-state index in [1.165, 1.54) is 103 Å². The van der Waals surface area contributed by atoms with Gasteiger partial charge < -0.3 is 18.3 Å². The van der Waals surface area contributed by atoms with Gasteiger partial charge in [0.25, 0.3) is 0 Å². The molecule has 0 saturated heterocycles. The average molecular weight is 831 g/mol. The molecule has 0 aliphatic heterocycles. The number of benzene rings is 2. The molecule has 2 aromatic carbocycles. The van der Waals surface area contributed by atoms with Crippen molar-refractivity contribution in [2.24, 2.45) is 0 Å². The predicted octanol–water partition coefficient (Wildman–Crippen LogP) is 12.9. The van der Waals surface area contributed by atoms with Gasteiger partial charge in [-0.15, -0.1) is 0 Å². The van der Waals surface area contributed by atoms with Gasteiger partial charge in [-0.2, -0.15) is 9.36 Å². The van der Waals surface area contributed by atoms with Crippen molar-refractivity contribution in [3.05, 3.63) is 77.6 Å². The summed E-state index contributed by atoms with van der Waals surface area (Å²) in [6.45, 7) is 5.44. The Kier molecular flexibility index (Phi) is 22.6. The lowest BCUT2D eigenvalue weighted by Crippen LogP contribution is -2.13. The van der Waals surface area contributed by atoms with Gasteiger partial charge in [0.2, 0.25) is 0 Å².